The van der Waals surface area contributed by atoms with Crippen LogP contribution in [-0.4, -0.2) is 43.8 Å². The van der Waals surface area contributed by atoms with Gasteiger partial charge in [-0.25, -0.2) is 8.42 Å². The Balaban J connectivity index is 2.08. The van der Waals surface area contributed by atoms with Gasteiger partial charge in [0.15, 0.2) is 0 Å². The summed E-state index contributed by atoms with van der Waals surface area (Å²) in [6.45, 7) is 6.47. The van der Waals surface area contributed by atoms with E-state index in [1.165, 1.54) is 23.1 Å². The molecule has 11 heteroatoms. The molecule has 0 radical (unpaired) electrons. The second-order valence-electron chi connectivity index (χ2n) is 9.49. The molecule has 3 aromatic carbocycles. The van der Waals surface area contributed by atoms with Crippen molar-refractivity contribution in [1.29, 1.82) is 0 Å². The van der Waals surface area contributed by atoms with E-state index in [1.807, 2.05) is 20.8 Å². The van der Waals surface area contributed by atoms with Gasteiger partial charge in [-0.2, -0.15) is 0 Å². The summed E-state index contributed by atoms with van der Waals surface area (Å²) in [5.41, 5.74) is 1.45. The lowest BCUT2D eigenvalue weighted by Gasteiger charge is -2.33. The zero-order valence-electron chi connectivity index (χ0n) is 22.7. The molecule has 0 saturated heterocycles. The fourth-order valence-electron chi connectivity index (χ4n) is 3.91. The number of amides is 2. The highest BCUT2D eigenvalue weighted by atomic mass is 35.5. The molecule has 2 atom stereocenters. The van der Waals surface area contributed by atoms with Crippen molar-refractivity contribution in [2.45, 2.75) is 57.6 Å². The average Bonchev–Trinajstić information content (AvgIpc) is 2.91. The Kier molecular flexibility index (Phi) is 10.9. The molecule has 1 N–H and O–H groups in total. The largest absolute Gasteiger partial charge is 0.352 e. The van der Waals surface area contributed by atoms with Crippen LogP contribution in [0.2, 0.25) is 15.1 Å². The molecule has 0 aliphatic rings. The molecule has 0 heterocycles. The SMILES string of the molecule is CC[C@@H](C)NC(=O)[C@H](C)N(Cc1c(Cl)cccc1Cl)C(=O)CN(c1ccccc1Cl)S(=O)(=O)c1ccc(C)cc1. The van der Waals surface area contributed by atoms with Crippen LogP contribution in [0.1, 0.15) is 38.3 Å². The molecular formula is C29H32Cl3N3O4S. The molecule has 0 saturated carbocycles. The van der Waals surface area contributed by atoms with Gasteiger partial charge in [0, 0.05) is 28.2 Å². The van der Waals surface area contributed by atoms with E-state index in [0.29, 0.717) is 22.0 Å². The number of hydrogen-bond acceptors (Lipinski definition) is 4. The van der Waals surface area contributed by atoms with E-state index in [2.05, 4.69) is 5.32 Å². The molecule has 0 aromatic heterocycles. The van der Waals surface area contributed by atoms with Gasteiger partial charge in [0.1, 0.15) is 12.6 Å². The van der Waals surface area contributed by atoms with Crippen LogP contribution in [0.3, 0.4) is 0 Å². The first-order chi connectivity index (χ1) is 18.9. The molecule has 0 fully saturated rings. The number of para-hydroxylation sites is 1. The molecule has 214 valence electrons. The first kappa shape index (κ1) is 31.7. The molecule has 0 aliphatic heterocycles. The molecule has 3 rings (SSSR count). The molecule has 2 amide bonds. The number of nitrogens with one attached hydrogen (secondary N) is 1. The van der Waals surface area contributed by atoms with E-state index in [4.69, 9.17) is 34.8 Å². The van der Waals surface area contributed by atoms with Crippen molar-refractivity contribution in [3.63, 3.8) is 0 Å². The molecule has 40 heavy (non-hydrogen) atoms. The number of nitrogens with zero attached hydrogens (tertiary/aromatic N) is 2. The Bertz CT molecular complexity index is 1450. The van der Waals surface area contributed by atoms with Gasteiger partial charge in [0.25, 0.3) is 10.0 Å². The van der Waals surface area contributed by atoms with Gasteiger partial charge < -0.3 is 10.2 Å². The molecular weight excluding hydrogens is 593 g/mol. The Labute approximate surface area is 251 Å². The van der Waals surface area contributed by atoms with E-state index in [9.17, 15) is 18.0 Å². The summed E-state index contributed by atoms with van der Waals surface area (Å²) in [4.78, 5) is 28.4. The maximum Gasteiger partial charge on any atom is 0.264 e. The maximum absolute atomic E-state index is 14.0. The number of carbonyl (C=O) groups is 2. The summed E-state index contributed by atoms with van der Waals surface area (Å²) in [6, 6.07) is 16.5. The number of sulfonamides is 1. The first-order valence-electron chi connectivity index (χ1n) is 12.7. The first-order valence-corrected chi connectivity index (χ1v) is 15.3. The number of benzene rings is 3. The number of rotatable bonds is 11. The van der Waals surface area contributed by atoms with E-state index < -0.39 is 34.4 Å². The lowest BCUT2D eigenvalue weighted by molar-refractivity contribution is -0.139. The van der Waals surface area contributed by atoms with Crippen LogP contribution in [-0.2, 0) is 26.2 Å². The molecule has 0 bridgehead atoms. The van der Waals surface area contributed by atoms with Gasteiger partial charge in [-0.15, -0.1) is 0 Å². The van der Waals surface area contributed by atoms with Crippen LogP contribution in [0.15, 0.2) is 71.6 Å². The van der Waals surface area contributed by atoms with Crippen LogP contribution in [0, 0.1) is 6.92 Å². The van der Waals surface area contributed by atoms with Crippen molar-refractivity contribution < 1.29 is 18.0 Å². The summed E-state index contributed by atoms with van der Waals surface area (Å²) in [6.07, 6.45) is 0.692. The number of carbonyl (C=O) groups excluding carboxylic acids is 2. The van der Waals surface area contributed by atoms with E-state index in [0.717, 1.165) is 9.87 Å². The van der Waals surface area contributed by atoms with E-state index in [-0.39, 0.29) is 28.2 Å². The maximum atomic E-state index is 14.0. The van der Waals surface area contributed by atoms with Crippen molar-refractivity contribution in [3.05, 3.63) is 92.9 Å². The van der Waals surface area contributed by atoms with Gasteiger partial charge in [0.2, 0.25) is 11.8 Å². The predicted molar refractivity (Wildman–Crippen MR) is 162 cm³/mol. The third-order valence-electron chi connectivity index (χ3n) is 6.57. The number of aryl methyl sites for hydroxylation is 1. The highest BCUT2D eigenvalue weighted by molar-refractivity contribution is 7.92. The third kappa shape index (κ3) is 7.49. The van der Waals surface area contributed by atoms with Gasteiger partial charge in [0.05, 0.1) is 15.6 Å². The minimum atomic E-state index is -4.23. The zero-order chi connectivity index (χ0) is 29.6. The van der Waals surface area contributed by atoms with Crippen molar-refractivity contribution in [3.8, 4) is 0 Å². The van der Waals surface area contributed by atoms with Crippen molar-refractivity contribution in [2.75, 3.05) is 10.8 Å². The Hall–Kier alpha value is -2.78. The Morgan fingerprint density at radius 2 is 1.45 bits per heavy atom. The number of halogens is 3. The normalized spacial score (nSPS) is 12.9. The third-order valence-corrected chi connectivity index (χ3v) is 9.37. The minimum Gasteiger partial charge on any atom is -0.352 e. The van der Waals surface area contributed by atoms with Crippen LogP contribution in [0.4, 0.5) is 5.69 Å². The van der Waals surface area contributed by atoms with Crippen molar-refractivity contribution in [1.82, 2.24) is 10.2 Å². The quantitative estimate of drug-likeness (QED) is 0.265. The highest BCUT2D eigenvalue weighted by Gasteiger charge is 2.34. The second-order valence-corrected chi connectivity index (χ2v) is 12.6. The summed E-state index contributed by atoms with van der Waals surface area (Å²) in [7, 11) is -4.23. The molecule has 0 aliphatic carbocycles. The van der Waals surface area contributed by atoms with E-state index in [1.54, 1.807) is 55.5 Å². The molecule has 3 aromatic rings. The van der Waals surface area contributed by atoms with Crippen molar-refractivity contribution in [2.24, 2.45) is 0 Å². The predicted octanol–water partition coefficient (Wildman–Crippen LogP) is 6.48. The second kappa shape index (κ2) is 13.7. The average molecular weight is 625 g/mol. The Morgan fingerprint density at radius 3 is 2.02 bits per heavy atom. The lowest BCUT2D eigenvalue weighted by atomic mass is 10.1. The highest BCUT2D eigenvalue weighted by Crippen LogP contribution is 2.31. The summed E-state index contributed by atoms with van der Waals surface area (Å²) < 4.78 is 28.7. The summed E-state index contributed by atoms with van der Waals surface area (Å²) >= 11 is 19.2. The standard InChI is InChI=1S/C29H32Cl3N3O4S/c1-5-20(3)33-29(37)21(4)34(17-23-24(30)10-8-11-25(23)31)28(36)18-35(27-12-7-6-9-26(27)32)40(38,39)22-15-13-19(2)14-16-22/h6-16,20-21H,5,17-18H2,1-4H3,(H,33,37)/t20-,21+/m1/s1. The van der Waals surface area contributed by atoms with Crippen LogP contribution in [0.5, 0.6) is 0 Å². The molecule has 0 spiro atoms. The smallest absolute Gasteiger partial charge is 0.264 e. The van der Waals surface area contributed by atoms with Gasteiger partial charge >= 0.3 is 0 Å². The fraction of sp³-hybridized carbons (Fsp3) is 0.310. The topological polar surface area (TPSA) is 86.8 Å². The lowest BCUT2D eigenvalue weighted by Crippen LogP contribution is -2.52. The van der Waals surface area contributed by atoms with Crippen LogP contribution < -0.4 is 9.62 Å². The number of hydrogen-bond donors (Lipinski definition) is 1. The Morgan fingerprint density at radius 1 is 0.875 bits per heavy atom. The molecule has 7 nitrogen and oxygen atoms in total. The van der Waals surface area contributed by atoms with Gasteiger partial charge in [-0.1, -0.05) is 77.6 Å². The minimum absolute atomic E-state index is 0.00548. The van der Waals surface area contributed by atoms with Crippen LogP contribution >= 0.6 is 34.8 Å². The van der Waals surface area contributed by atoms with Gasteiger partial charge in [-0.05, 0) is 63.6 Å². The van der Waals surface area contributed by atoms with E-state index >= 15 is 0 Å². The van der Waals surface area contributed by atoms with Crippen molar-refractivity contribution >= 4 is 62.3 Å². The monoisotopic (exact) mass is 623 g/mol. The van der Waals surface area contributed by atoms with Gasteiger partial charge in [-0.3, -0.25) is 13.9 Å². The number of anilines is 1. The molecule has 0 unspecified atom stereocenters. The zero-order valence-corrected chi connectivity index (χ0v) is 25.8. The summed E-state index contributed by atoms with van der Waals surface area (Å²) in [5, 5.41) is 3.66. The fourth-order valence-corrected chi connectivity index (χ4v) is 6.14. The van der Waals surface area contributed by atoms with Crippen LogP contribution in [0.25, 0.3) is 0 Å². The summed E-state index contributed by atoms with van der Waals surface area (Å²) in [5.74, 6) is -1.03.